The van der Waals surface area contributed by atoms with Crippen molar-refractivity contribution in [3.8, 4) is 0 Å². The molecule has 0 saturated carbocycles. The smallest absolute Gasteiger partial charge is 0.337 e. The Morgan fingerprint density at radius 2 is 0.323 bits per heavy atom. The minimum atomic E-state index is -1.13. The van der Waals surface area contributed by atoms with Crippen LogP contribution in [0, 0.1) is 0 Å². The summed E-state index contributed by atoms with van der Waals surface area (Å²) in [7, 11) is 0. The summed E-state index contributed by atoms with van der Waals surface area (Å²) in [4.78, 5) is 177. The number of benzene rings is 4. The molecular formula is C84H96N16O24. The molecule has 0 unspecified atom stereocenters. The summed E-state index contributed by atoms with van der Waals surface area (Å²) in [5.41, 5.74) is 6.39. The molecule has 11 rings (SSSR count). The topological polar surface area (TPSA) is 538 Å². The number of pyridine rings is 4. The zero-order chi connectivity index (χ0) is 89.5. The van der Waals surface area contributed by atoms with E-state index in [1.165, 1.54) is 49.1 Å². The second-order valence-electron chi connectivity index (χ2n) is 28.9. The van der Waals surface area contributed by atoms with Crippen LogP contribution >= 0.6 is 0 Å². The molecule has 7 heterocycles. The minimum Gasteiger partial charge on any atom is -0.480 e. The Morgan fingerprint density at radius 3 is 0.452 bits per heavy atom. The molecule has 124 heavy (non-hydrogen) atoms. The number of aromatic carboxylic acids is 8. The number of carboxylic acids is 12. The predicted molar refractivity (Wildman–Crippen MR) is 452 cm³/mol. The van der Waals surface area contributed by atoms with Crippen molar-refractivity contribution in [1.29, 1.82) is 0 Å². The average Bonchev–Trinajstić information content (AvgIpc) is 0.834. The summed E-state index contributed by atoms with van der Waals surface area (Å²) >= 11 is 0. The van der Waals surface area contributed by atoms with Gasteiger partial charge in [-0.25, -0.2) is 38.4 Å². The SMILES string of the molecule is O=C(O)CN1CCN(CC(=O)O)CCN(CC(=O)O)CCN(CC(=O)O)CC1.O=C(O)c1ccc(N2CCN(c3ccc(C(=O)O)cc3)CCN(c3ccc(C(=O)O)cc3)CCN(c3ccc(C(=O)O)cc3)CC2)cc1.O=C(O)c1cncc(N2CCN(c3cncc(C(=O)O)c3)CCN(c3cncc(C(=O)O)c3)CCN(c3cncc(C(=O)O)c3)CC2)c1. The Balaban J connectivity index is 0.000000219. The number of aromatic nitrogens is 4. The van der Waals surface area contributed by atoms with Crippen molar-refractivity contribution in [3.05, 3.63) is 215 Å². The van der Waals surface area contributed by atoms with Crippen LogP contribution in [-0.2, 0) is 19.2 Å². The maximum absolute atomic E-state index is 11.8. The number of carboxylic acid groups (broad SMARTS) is 12. The fourth-order valence-corrected chi connectivity index (χ4v) is 14.0. The van der Waals surface area contributed by atoms with Crippen molar-refractivity contribution in [3.63, 3.8) is 0 Å². The first-order valence-electron chi connectivity index (χ1n) is 39.2. The zero-order valence-electron chi connectivity index (χ0n) is 67.4. The van der Waals surface area contributed by atoms with Gasteiger partial charge in [0.15, 0.2) is 0 Å². The van der Waals surface area contributed by atoms with E-state index in [0.29, 0.717) is 180 Å². The van der Waals surface area contributed by atoms with Crippen LogP contribution in [0.25, 0.3) is 0 Å². The lowest BCUT2D eigenvalue weighted by Crippen LogP contribution is -2.49. The number of nitrogens with zero attached hydrogens (tertiary/aromatic N) is 16. The van der Waals surface area contributed by atoms with Gasteiger partial charge in [0.1, 0.15) is 0 Å². The van der Waals surface area contributed by atoms with Gasteiger partial charge < -0.3 is 100 Å². The molecule has 12 N–H and O–H groups in total. The van der Waals surface area contributed by atoms with E-state index in [0.717, 1.165) is 22.7 Å². The van der Waals surface area contributed by atoms with Crippen LogP contribution in [0.1, 0.15) is 82.9 Å². The van der Waals surface area contributed by atoms with E-state index in [1.807, 2.05) is 19.6 Å². The molecule has 656 valence electrons. The maximum atomic E-state index is 11.8. The van der Waals surface area contributed by atoms with Crippen LogP contribution in [-0.4, -0.2) is 356 Å². The lowest BCUT2D eigenvalue weighted by atomic mass is 10.1. The highest BCUT2D eigenvalue weighted by Gasteiger charge is 2.27. The highest BCUT2D eigenvalue weighted by atomic mass is 16.4. The molecule has 0 aliphatic carbocycles. The van der Waals surface area contributed by atoms with Gasteiger partial charge in [-0.05, 0) is 121 Å². The van der Waals surface area contributed by atoms with Gasteiger partial charge in [-0.2, -0.15) is 0 Å². The van der Waals surface area contributed by atoms with Crippen LogP contribution in [0.5, 0.6) is 0 Å². The van der Waals surface area contributed by atoms with Gasteiger partial charge in [0.25, 0.3) is 0 Å². The molecule has 0 spiro atoms. The Bertz CT molecular complexity index is 4370. The van der Waals surface area contributed by atoms with E-state index >= 15 is 0 Å². The third kappa shape index (κ3) is 28.8. The number of anilines is 8. The fraction of sp³-hybridized carbons (Fsp3) is 0.333. The van der Waals surface area contributed by atoms with Gasteiger partial charge in [-0.1, -0.05) is 0 Å². The molecule has 3 fully saturated rings. The van der Waals surface area contributed by atoms with Gasteiger partial charge >= 0.3 is 71.6 Å². The monoisotopic (exact) mass is 1710 g/mol. The van der Waals surface area contributed by atoms with Crippen molar-refractivity contribution >= 4 is 117 Å². The van der Waals surface area contributed by atoms with Crippen LogP contribution in [0.4, 0.5) is 45.5 Å². The van der Waals surface area contributed by atoms with E-state index in [2.05, 4.69) is 39.5 Å². The molecule has 0 radical (unpaired) electrons. The van der Waals surface area contributed by atoms with Crippen molar-refractivity contribution < 1.29 is 119 Å². The van der Waals surface area contributed by atoms with Crippen molar-refractivity contribution in [1.82, 2.24) is 39.5 Å². The summed E-state index contributed by atoms with van der Waals surface area (Å²) in [5, 5.41) is 113. The standard InChI is InChI=1S/C36H36N4O8.C32H32N8O8.C16H28N4O8/c41-33(42)25-1-9-29(10-2-25)37-17-19-38(30-11-3-26(4-12-30)34(43)44)21-23-40(32-15-7-28(8-16-32)36(47)48)24-22-39(20-18-37)31-13-5-27(6-14-31)35(45)46;41-29(42)21-9-25(17-33-13-21)37-1-2-38(26-10-22(30(43)44)14-34-18-26)5-6-40(28-12-24(32(47)48)16-36-20-28)8-7-39(4-3-37)27-11-23(31(45)46)15-35-19-27;21-13(22)9-17-1-2-18(10-14(23)24)5-6-20(12-16(27)28)8-7-19(4-3-17)11-15(25)26/h1-16H,17-24H2,(H,41,42)(H,43,44)(H,45,46)(H,47,48);9-20H,1-8H2,(H,41,42)(H,43,44)(H,45,46)(H,47,48);1-12H2,(H,21,22)(H,23,24)(H,25,26)(H,27,28). The van der Waals surface area contributed by atoms with Gasteiger partial charge in [-0.3, -0.25) is 58.7 Å². The molecule has 40 nitrogen and oxygen atoms in total. The van der Waals surface area contributed by atoms with Crippen molar-refractivity contribution in [2.75, 3.05) is 222 Å². The summed E-state index contributed by atoms with van der Waals surface area (Å²) in [5.74, 6) is -12.6. The first-order chi connectivity index (χ1) is 59.3. The molecule has 3 aliphatic heterocycles. The van der Waals surface area contributed by atoms with Gasteiger partial charge in [-0.15, -0.1) is 0 Å². The molecule has 0 amide bonds. The van der Waals surface area contributed by atoms with Crippen LogP contribution in [0.2, 0.25) is 0 Å². The number of aliphatic carboxylic acids is 4. The summed E-state index contributed by atoms with van der Waals surface area (Å²) in [6.07, 6.45) is 11.3. The normalized spacial score (nSPS) is 15.6. The van der Waals surface area contributed by atoms with E-state index in [4.69, 9.17) is 20.4 Å². The fourth-order valence-electron chi connectivity index (χ4n) is 14.0. The van der Waals surface area contributed by atoms with E-state index in [-0.39, 0.29) is 70.7 Å². The number of carbonyl (C=O) groups is 12. The summed E-state index contributed by atoms with van der Waals surface area (Å²) < 4.78 is 0. The van der Waals surface area contributed by atoms with Crippen molar-refractivity contribution in [2.45, 2.75) is 0 Å². The molecule has 0 atom stereocenters. The van der Waals surface area contributed by atoms with E-state index in [9.17, 15) is 98.4 Å². The van der Waals surface area contributed by atoms with Crippen molar-refractivity contribution in [2.24, 2.45) is 0 Å². The second kappa shape index (κ2) is 45.7. The molecule has 8 aromatic rings. The van der Waals surface area contributed by atoms with Crippen LogP contribution in [0.3, 0.4) is 0 Å². The molecular weight excluding hydrogens is 1620 g/mol. The van der Waals surface area contributed by atoms with Gasteiger partial charge in [0.05, 0.1) is 118 Å². The molecule has 3 aliphatic rings. The largest absolute Gasteiger partial charge is 0.480 e. The number of rotatable bonds is 24. The zero-order valence-corrected chi connectivity index (χ0v) is 67.4. The first-order valence-corrected chi connectivity index (χ1v) is 39.2. The molecule has 4 aromatic heterocycles. The van der Waals surface area contributed by atoms with Crippen LogP contribution < -0.4 is 39.2 Å². The van der Waals surface area contributed by atoms with Gasteiger partial charge in [0.2, 0.25) is 0 Å². The Hall–Kier alpha value is -14.6. The molecule has 4 aromatic carbocycles. The minimum absolute atomic E-state index is 0.0110. The Labute approximate surface area is 710 Å². The lowest BCUT2D eigenvalue weighted by molar-refractivity contribution is -0.141. The summed E-state index contributed by atoms with van der Waals surface area (Å²) in [6, 6.07) is 33.0. The lowest BCUT2D eigenvalue weighted by Gasteiger charge is -2.37. The Morgan fingerprint density at radius 1 is 0.185 bits per heavy atom. The highest BCUT2D eigenvalue weighted by Crippen LogP contribution is 2.27. The van der Waals surface area contributed by atoms with E-state index < -0.39 is 71.6 Å². The molecule has 40 heteroatoms. The number of hydrogen-bond donors (Lipinski definition) is 12. The highest BCUT2D eigenvalue weighted by molar-refractivity contribution is 5.92. The number of hydrogen-bond acceptors (Lipinski definition) is 28. The average molecular weight is 1710 g/mol. The molecule has 0 bridgehead atoms. The van der Waals surface area contributed by atoms with E-state index in [1.54, 1.807) is 141 Å². The quantitative estimate of drug-likeness (QED) is 0.0388. The second-order valence-corrected chi connectivity index (χ2v) is 28.9. The van der Waals surface area contributed by atoms with Gasteiger partial charge in [0, 0.05) is 205 Å². The molecule has 3 saturated heterocycles. The third-order valence-electron chi connectivity index (χ3n) is 20.7. The predicted octanol–water partition coefficient (Wildman–Crippen LogP) is 4.76. The third-order valence-corrected chi connectivity index (χ3v) is 20.7. The first kappa shape index (κ1) is 93.2. The summed E-state index contributed by atoms with van der Waals surface area (Å²) in [6.45, 7) is 8.90. The van der Waals surface area contributed by atoms with Crippen LogP contribution in [0.15, 0.2) is 171 Å². The maximum Gasteiger partial charge on any atom is 0.337 e. The Kier molecular flexibility index (Phi) is 34.3.